The maximum atomic E-state index is 11.9. The van der Waals surface area contributed by atoms with E-state index in [-0.39, 0.29) is 12.0 Å². The predicted molar refractivity (Wildman–Crippen MR) is 72.6 cm³/mol. The number of nitrogens with two attached hydrogens (primary N) is 1. The lowest BCUT2D eigenvalue weighted by atomic mass is 10.1. The molecule has 1 atom stereocenters. The molecule has 1 saturated heterocycles. The molecule has 0 aliphatic carbocycles. The Labute approximate surface area is 112 Å². The summed E-state index contributed by atoms with van der Waals surface area (Å²) in [7, 11) is 0. The maximum Gasteiger partial charge on any atom is 0.251 e. The van der Waals surface area contributed by atoms with E-state index in [0.29, 0.717) is 17.9 Å². The summed E-state index contributed by atoms with van der Waals surface area (Å²) in [4.78, 5) is 15.9. The molecule has 6 nitrogen and oxygen atoms in total. The van der Waals surface area contributed by atoms with Crippen molar-refractivity contribution in [3.63, 3.8) is 0 Å². The molecule has 2 rings (SSSR count). The number of rotatable bonds is 5. The lowest BCUT2D eigenvalue weighted by Gasteiger charge is -2.22. The molecule has 1 unspecified atom stereocenters. The minimum Gasteiger partial charge on any atom is -0.378 e. The molecule has 19 heavy (non-hydrogen) atoms. The van der Waals surface area contributed by atoms with Gasteiger partial charge in [0.2, 0.25) is 0 Å². The predicted octanol–water partition coefficient (Wildman–Crippen LogP) is 1.06. The number of nitrogens with one attached hydrogen (secondary N) is 2. The third-order valence-corrected chi connectivity index (χ3v) is 3.20. The topological polar surface area (TPSA) is 89.3 Å². The summed E-state index contributed by atoms with van der Waals surface area (Å²) in [6.07, 6.45) is 6.15. The van der Waals surface area contributed by atoms with E-state index in [0.717, 1.165) is 25.9 Å². The third kappa shape index (κ3) is 4.18. The maximum absolute atomic E-state index is 11.9. The molecule has 0 radical (unpaired) electrons. The SMILES string of the molecule is NNc1cc(C(=O)NCCC2CCCCO2)ccn1. The van der Waals surface area contributed by atoms with Gasteiger partial charge in [-0.05, 0) is 37.8 Å². The zero-order valence-corrected chi connectivity index (χ0v) is 10.9. The van der Waals surface area contributed by atoms with Crippen LogP contribution in [0.3, 0.4) is 0 Å². The number of hydrazine groups is 1. The Morgan fingerprint density at radius 3 is 3.16 bits per heavy atom. The van der Waals surface area contributed by atoms with Gasteiger partial charge in [-0.1, -0.05) is 0 Å². The molecule has 0 aromatic carbocycles. The van der Waals surface area contributed by atoms with Crippen LogP contribution in [0.5, 0.6) is 0 Å². The highest BCUT2D eigenvalue weighted by atomic mass is 16.5. The number of pyridine rings is 1. The van der Waals surface area contributed by atoms with Crippen molar-refractivity contribution >= 4 is 11.7 Å². The fourth-order valence-electron chi connectivity index (χ4n) is 2.13. The lowest BCUT2D eigenvalue weighted by Crippen LogP contribution is -2.29. The van der Waals surface area contributed by atoms with Crippen molar-refractivity contribution in [1.82, 2.24) is 10.3 Å². The van der Waals surface area contributed by atoms with Gasteiger partial charge >= 0.3 is 0 Å². The van der Waals surface area contributed by atoms with Crippen LogP contribution in [0.2, 0.25) is 0 Å². The van der Waals surface area contributed by atoms with Crippen LogP contribution in [0, 0.1) is 0 Å². The van der Waals surface area contributed by atoms with Crippen molar-refractivity contribution < 1.29 is 9.53 Å². The Bertz CT molecular complexity index is 419. The number of ether oxygens (including phenoxy) is 1. The molecule has 104 valence electrons. The Morgan fingerprint density at radius 2 is 2.42 bits per heavy atom. The van der Waals surface area contributed by atoms with E-state index in [2.05, 4.69) is 15.7 Å². The van der Waals surface area contributed by atoms with E-state index in [9.17, 15) is 4.79 Å². The summed E-state index contributed by atoms with van der Waals surface area (Å²) in [6, 6.07) is 3.28. The van der Waals surface area contributed by atoms with Gasteiger partial charge < -0.3 is 15.5 Å². The summed E-state index contributed by atoms with van der Waals surface area (Å²) < 4.78 is 5.61. The average molecular weight is 264 g/mol. The molecule has 2 heterocycles. The van der Waals surface area contributed by atoms with Crippen LogP contribution in [0.1, 0.15) is 36.0 Å². The Morgan fingerprint density at radius 1 is 1.53 bits per heavy atom. The monoisotopic (exact) mass is 264 g/mol. The summed E-state index contributed by atoms with van der Waals surface area (Å²) in [5, 5.41) is 2.88. The number of anilines is 1. The second-order valence-corrected chi connectivity index (χ2v) is 4.61. The van der Waals surface area contributed by atoms with Crippen LogP contribution >= 0.6 is 0 Å². The first-order chi connectivity index (χ1) is 9.29. The Balaban J connectivity index is 1.77. The minimum atomic E-state index is -0.116. The van der Waals surface area contributed by atoms with Crippen molar-refractivity contribution in [3.8, 4) is 0 Å². The second kappa shape index (κ2) is 7.06. The highest BCUT2D eigenvalue weighted by Crippen LogP contribution is 2.15. The summed E-state index contributed by atoms with van der Waals surface area (Å²) >= 11 is 0. The lowest BCUT2D eigenvalue weighted by molar-refractivity contribution is 0.0117. The van der Waals surface area contributed by atoms with Gasteiger partial charge in [-0.3, -0.25) is 4.79 Å². The van der Waals surface area contributed by atoms with Crippen molar-refractivity contribution in [1.29, 1.82) is 0 Å². The van der Waals surface area contributed by atoms with Gasteiger partial charge in [0.15, 0.2) is 0 Å². The first kappa shape index (κ1) is 13.8. The van der Waals surface area contributed by atoms with Crippen molar-refractivity contribution in [2.24, 2.45) is 5.84 Å². The van der Waals surface area contributed by atoms with Gasteiger partial charge in [0.05, 0.1) is 6.10 Å². The number of aromatic nitrogens is 1. The van der Waals surface area contributed by atoms with Crippen LogP contribution in [0.4, 0.5) is 5.82 Å². The number of nitrogens with zero attached hydrogens (tertiary/aromatic N) is 1. The Kier molecular flexibility index (Phi) is 5.11. The van der Waals surface area contributed by atoms with Crippen LogP contribution in [0.25, 0.3) is 0 Å². The van der Waals surface area contributed by atoms with Gasteiger partial charge in [0, 0.05) is 24.9 Å². The fraction of sp³-hybridized carbons (Fsp3) is 0.538. The van der Waals surface area contributed by atoms with E-state index < -0.39 is 0 Å². The highest BCUT2D eigenvalue weighted by molar-refractivity contribution is 5.94. The number of hydrogen-bond acceptors (Lipinski definition) is 5. The molecule has 6 heteroatoms. The first-order valence-corrected chi connectivity index (χ1v) is 6.62. The number of carbonyl (C=O) groups is 1. The molecule has 1 aliphatic heterocycles. The van der Waals surface area contributed by atoms with Gasteiger partial charge in [-0.25, -0.2) is 10.8 Å². The molecule has 1 aliphatic rings. The summed E-state index contributed by atoms with van der Waals surface area (Å²) in [5.74, 6) is 5.61. The number of carbonyl (C=O) groups excluding carboxylic acids is 1. The standard InChI is InChI=1S/C13H20N4O2/c14-17-12-9-10(4-6-15-12)13(18)16-7-5-11-3-1-2-8-19-11/h4,6,9,11H,1-3,5,7-8,14H2,(H,15,17)(H,16,18). The molecule has 1 aromatic rings. The average Bonchev–Trinajstić information content (AvgIpc) is 2.48. The van der Waals surface area contributed by atoms with E-state index in [1.165, 1.54) is 6.42 Å². The fourth-order valence-corrected chi connectivity index (χ4v) is 2.13. The normalized spacial score (nSPS) is 18.9. The first-order valence-electron chi connectivity index (χ1n) is 6.62. The quantitative estimate of drug-likeness (QED) is 0.546. The molecular weight excluding hydrogens is 244 g/mol. The number of amides is 1. The van der Waals surface area contributed by atoms with Crippen LogP contribution < -0.4 is 16.6 Å². The summed E-state index contributed by atoms with van der Waals surface area (Å²) in [6.45, 7) is 1.46. The van der Waals surface area contributed by atoms with E-state index in [4.69, 9.17) is 10.6 Å². The van der Waals surface area contributed by atoms with Gasteiger partial charge in [-0.15, -0.1) is 0 Å². The smallest absolute Gasteiger partial charge is 0.251 e. The zero-order chi connectivity index (χ0) is 13.5. The molecule has 0 spiro atoms. The van der Waals surface area contributed by atoms with Crippen molar-refractivity contribution in [3.05, 3.63) is 23.9 Å². The van der Waals surface area contributed by atoms with Gasteiger partial charge in [0.25, 0.3) is 5.91 Å². The van der Waals surface area contributed by atoms with Crippen LogP contribution in [0.15, 0.2) is 18.3 Å². The summed E-state index contributed by atoms with van der Waals surface area (Å²) in [5.41, 5.74) is 2.97. The van der Waals surface area contributed by atoms with Gasteiger partial charge in [0.1, 0.15) is 5.82 Å². The number of hydrogen-bond donors (Lipinski definition) is 3. The van der Waals surface area contributed by atoms with E-state index >= 15 is 0 Å². The largest absolute Gasteiger partial charge is 0.378 e. The van der Waals surface area contributed by atoms with Crippen molar-refractivity contribution in [2.45, 2.75) is 31.8 Å². The second-order valence-electron chi connectivity index (χ2n) is 4.61. The molecular formula is C13H20N4O2. The molecule has 4 N–H and O–H groups in total. The molecule has 0 saturated carbocycles. The van der Waals surface area contributed by atoms with E-state index in [1.54, 1.807) is 18.3 Å². The van der Waals surface area contributed by atoms with Crippen LogP contribution in [-0.2, 0) is 4.74 Å². The molecule has 1 aromatic heterocycles. The highest BCUT2D eigenvalue weighted by Gasteiger charge is 2.14. The van der Waals surface area contributed by atoms with Crippen molar-refractivity contribution in [2.75, 3.05) is 18.6 Å². The molecule has 0 bridgehead atoms. The Hall–Kier alpha value is -1.66. The van der Waals surface area contributed by atoms with E-state index in [1.807, 2.05) is 0 Å². The van der Waals surface area contributed by atoms with Gasteiger partial charge in [-0.2, -0.15) is 0 Å². The zero-order valence-electron chi connectivity index (χ0n) is 10.9. The van der Waals surface area contributed by atoms with Crippen LogP contribution in [-0.4, -0.2) is 30.1 Å². The number of nitrogen functional groups attached to an aromatic ring is 1. The molecule has 1 fully saturated rings. The third-order valence-electron chi connectivity index (χ3n) is 3.20. The minimum absolute atomic E-state index is 0.116. The molecule has 1 amide bonds.